The first-order valence-electron chi connectivity index (χ1n) is 6.50. The molecule has 1 fully saturated rings. The standard InChI is InChI=1S/C13H13F2NO6S/c1-13(12(19)20)3-2-4-16(13)23(21,22)7-5-8(11(17)18)10(15)9(14)6-7/h5-6H,2-4H2,1H3,(H,17,18)(H,19,20)/t13-/m1/s1. The van der Waals surface area contributed by atoms with Crippen LogP contribution >= 0.6 is 0 Å². The highest BCUT2D eigenvalue weighted by molar-refractivity contribution is 7.89. The van der Waals surface area contributed by atoms with Gasteiger partial charge in [-0.15, -0.1) is 0 Å². The Morgan fingerprint density at radius 3 is 2.39 bits per heavy atom. The Morgan fingerprint density at radius 1 is 1.26 bits per heavy atom. The Labute approximate surface area is 130 Å². The molecule has 0 unspecified atom stereocenters. The molecule has 1 saturated heterocycles. The first kappa shape index (κ1) is 17.3. The number of carboxylic acids is 2. The largest absolute Gasteiger partial charge is 0.480 e. The molecule has 23 heavy (non-hydrogen) atoms. The zero-order chi connectivity index (χ0) is 17.6. The van der Waals surface area contributed by atoms with Gasteiger partial charge in [-0.05, 0) is 31.9 Å². The number of aliphatic carboxylic acids is 1. The van der Waals surface area contributed by atoms with E-state index in [0.29, 0.717) is 16.4 Å². The number of carboxylic acid groups (broad SMARTS) is 2. The predicted octanol–water partition coefficient (Wildman–Crippen LogP) is 1.29. The molecule has 7 nitrogen and oxygen atoms in total. The number of carbonyl (C=O) groups is 2. The van der Waals surface area contributed by atoms with E-state index >= 15 is 0 Å². The van der Waals surface area contributed by atoms with Crippen LogP contribution < -0.4 is 0 Å². The number of aromatic carboxylic acids is 1. The maximum Gasteiger partial charge on any atom is 0.338 e. The van der Waals surface area contributed by atoms with Crippen LogP contribution in [0.2, 0.25) is 0 Å². The molecule has 0 aromatic heterocycles. The van der Waals surface area contributed by atoms with Crippen molar-refractivity contribution in [2.75, 3.05) is 6.54 Å². The van der Waals surface area contributed by atoms with E-state index in [0.717, 1.165) is 0 Å². The lowest BCUT2D eigenvalue weighted by molar-refractivity contribution is -0.146. The Bertz CT molecular complexity index is 794. The Balaban J connectivity index is 2.61. The second kappa shape index (κ2) is 5.53. The summed E-state index contributed by atoms with van der Waals surface area (Å²) in [6, 6.07) is 0.828. The van der Waals surface area contributed by atoms with Crippen molar-refractivity contribution in [1.82, 2.24) is 4.31 Å². The van der Waals surface area contributed by atoms with Gasteiger partial charge in [0.15, 0.2) is 11.6 Å². The van der Waals surface area contributed by atoms with Crippen molar-refractivity contribution in [1.29, 1.82) is 0 Å². The molecule has 1 atom stereocenters. The summed E-state index contributed by atoms with van der Waals surface area (Å²) in [5.74, 6) is -6.53. The summed E-state index contributed by atoms with van der Waals surface area (Å²) in [6.07, 6.45) is 0.328. The van der Waals surface area contributed by atoms with Crippen molar-refractivity contribution in [3.63, 3.8) is 0 Å². The monoisotopic (exact) mass is 349 g/mol. The van der Waals surface area contributed by atoms with E-state index < -0.39 is 49.6 Å². The normalized spacial score (nSPS) is 22.2. The molecular formula is C13H13F2NO6S. The first-order valence-corrected chi connectivity index (χ1v) is 7.94. The molecule has 1 aliphatic rings. The van der Waals surface area contributed by atoms with Crippen molar-refractivity contribution in [2.45, 2.75) is 30.2 Å². The number of rotatable bonds is 4. The lowest BCUT2D eigenvalue weighted by Crippen LogP contribution is -2.50. The van der Waals surface area contributed by atoms with Crippen molar-refractivity contribution in [3.05, 3.63) is 29.3 Å². The fourth-order valence-corrected chi connectivity index (χ4v) is 4.38. The van der Waals surface area contributed by atoms with Crippen LogP contribution in [-0.4, -0.2) is 47.0 Å². The maximum atomic E-state index is 13.5. The summed E-state index contributed by atoms with van der Waals surface area (Å²) in [5.41, 5.74) is -2.87. The first-order chi connectivity index (χ1) is 10.5. The van der Waals surface area contributed by atoms with Crippen LogP contribution in [0.1, 0.15) is 30.1 Å². The summed E-state index contributed by atoms with van der Waals surface area (Å²) in [6.45, 7) is 1.09. The van der Waals surface area contributed by atoms with Gasteiger partial charge in [0.25, 0.3) is 0 Å². The molecule has 2 rings (SSSR count). The highest BCUT2D eigenvalue weighted by Gasteiger charge is 2.50. The van der Waals surface area contributed by atoms with Crippen LogP contribution in [0.15, 0.2) is 17.0 Å². The molecular weight excluding hydrogens is 336 g/mol. The van der Waals surface area contributed by atoms with Crippen LogP contribution in [0.25, 0.3) is 0 Å². The van der Waals surface area contributed by atoms with Crippen LogP contribution in [0.5, 0.6) is 0 Å². The minimum Gasteiger partial charge on any atom is -0.480 e. The predicted molar refractivity (Wildman–Crippen MR) is 72.5 cm³/mol. The molecule has 0 aliphatic carbocycles. The number of nitrogens with zero attached hydrogens (tertiary/aromatic N) is 1. The summed E-state index contributed by atoms with van der Waals surface area (Å²) >= 11 is 0. The minimum atomic E-state index is -4.50. The Kier molecular flexibility index (Phi) is 4.16. The zero-order valence-electron chi connectivity index (χ0n) is 11.9. The van der Waals surface area contributed by atoms with Gasteiger partial charge in [-0.2, -0.15) is 4.31 Å². The van der Waals surface area contributed by atoms with Gasteiger partial charge in [-0.1, -0.05) is 0 Å². The summed E-state index contributed by atoms with van der Waals surface area (Å²) in [4.78, 5) is 21.5. The van der Waals surface area contributed by atoms with E-state index in [4.69, 9.17) is 5.11 Å². The molecule has 2 N–H and O–H groups in total. The fourth-order valence-electron chi connectivity index (χ4n) is 2.53. The van der Waals surface area contributed by atoms with Gasteiger partial charge in [0, 0.05) is 6.54 Å². The van der Waals surface area contributed by atoms with Crippen LogP contribution in [-0.2, 0) is 14.8 Å². The van der Waals surface area contributed by atoms with Gasteiger partial charge in [-0.25, -0.2) is 22.0 Å². The van der Waals surface area contributed by atoms with Gasteiger partial charge < -0.3 is 10.2 Å². The SMILES string of the molecule is C[C@]1(C(=O)O)CCCN1S(=O)(=O)c1cc(F)c(F)c(C(=O)O)c1. The minimum absolute atomic E-state index is 0.0526. The molecule has 0 spiro atoms. The van der Waals surface area contributed by atoms with Crippen molar-refractivity contribution >= 4 is 22.0 Å². The molecule has 0 bridgehead atoms. The van der Waals surface area contributed by atoms with Gasteiger partial charge >= 0.3 is 11.9 Å². The molecule has 10 heteroatoms. The second-order valence-electron chi connectivity index (χ2n) is 5.33. The molecule has 1 heterocycles. The third kappa shape index (κ3) is 2.68. The van der Waals surface area contributed by atoms with Gasteiger partial charge in [0.1, 0.15) is 5.54 Å². The quantitative estimate of drug-likeness (QED) is 0.847. The van der Waals surface area contributed by atoms with Crippen LogP contribution in [0.4, 0.5) is 8.78 Å². The molecule has 1 aliphatic heterocycles. The third-order valence-corrected chi connectivity index (χ3v) is 5.85. The highest BCUT2D eigenvalue weighted by atomic mass is 32.2. The molecule has 0 amide bonds. The van der Waals surface area contributed by atoms with E-state index in [1.165, 1.54) is 6.92 Å². The average molecular weight is 349 g/mol. The van der Waals surface area contributed by atoms with E-state index in [9.17, 15) is 31.9 Å². The van der Waals surface area contributed by atoms with E-state index in [1.54, 1.807) is 0 Å². The van der Waals surface area contributed by atoms with Crippen molar-refractivity contribution in [2.24, 2.45) is 0 Å². The number of benzene rings is 1. The van der Waals surface area contributed by atoms with Crippen molar-refractivity contribution < 1.29 is 37.0 Å². The maximum absolute atomic E-state index is 13.5. The topological polar surface area (TPSA) is 112 Å². The average Bonchev–Trinajstić information content (AvgIpc) is 2.85. The third-order valence-electron chi connectivity index (χ3n) is 3.86. The molecule has 1 aromatic rings. The lowest BCUT2D eigenvalue weighted by atomic mass is 10.0. The van der Waals surface area contributed by atoms with Gasteiger partial charge in [-0.3, -0.25) is 4.79 Å². The highest BCUT2D eigenvalue weighted by Crippen LogP contribution is 2.35. The van der Waals surface area contributed by atoms with Crippen LogP contribution in [0.3, 0.4) is 0 Å². The fraction of sp³-hybridized carbons (Fsp3) is 0.385. The molecule has 0 saturated carbocycles. The van der Waals surface area contributed by atoms with Gasteiger partial charge in [0.05, 0.1) is 10.5 Å². The smallest absolute Gasteiger partial charge is 0.338 e. The molecule has 0 radical (unpaired) electrons. The van der Waals surface area contributed by atoms with E-state index in [2.05, 4.69) is 0 Å². The summed E-state index contributed by atoms with van der Waals surface area (Å²) in [5, 5.41) is 18.1. The van der Waals surface area contributed by atoms with Gasteiger partial charge in [0.2, 0.25) is 10.0 Å². The number of hydrogen-bond donors (Lipinski definition) is 2. The Hall–Kier alpha value is -2.07. The van der Waals surface area contributed by atoms with E-state index in [-0.39, 0.29) is 19.4 Å². The lowest BCUT2D eigenvalue weighted by Gasteiger charge is -2.30. The number of halogens is 2. The zero-order valence-corrected chi connectivity index (χ0v) is 12.7. The van der Waals surface area contributed by atoms with E-state index in [1.807, 2.05) is 0 Å². The molecule has 1 aromatic carbocycles. The number of hydrogen-bond acceptors (Lipinski definition) is 4. The summed E-state index contributed by atoms with van der Waals surface area (Å²) in [7, 11) is -4.50. The summed E-state index contributed by atoms with van der Waals surface area (Å²) < 4.78 is 52.8. The Morgan fingerprint density at radius 2 is 1.87 bits per heavy atom. The molecule has 126 valence electrons. The van der Waals surface area contributed by atoms with Crippen LogP contribution in [0, 0.1) is 11.6 Å². The van der Waals surface area contributed by atoms with Crippen molar-refractivity contribution in [3.8, 4) is 0 Å². The number of sulfonamides is 1. The second-order valence-corrected chi connectivity index (χ2v) is 7.19.